The van der Waals surface area contributed by atoms with E-state index in [0.29, 0.717) is 6.04 Å². The van der Waals surface area contributed by atoms with Gasteiger partial charge < -0.3 is 10.6 Å². The molecule has 0 saturated carbocycles. The molecule has 0 aliphatic carbocycles. The number of hydrogen-bond acceptors (Lipinski definition) is 1. The van der Waals surface area contributed by atoms with E-state index in [0.717, 1.165) is 30.9 Å². The van der Waals surface area contributed by atoms with Crippen LogP contribution in [-0.2, 0) is 6.42 Å². The molecule has 0 spiro atoms. The van der Waals surface area contributed by atoms with E-state index in [9.17, 15) is 4.39 Å². The maximum Gasteiger partial charge on any atom is 0.191 e. The van der Waals surface area contributed by atoms with Gasteiger partial charge in [0.25, 0.3) is 0 Å². The van der Waals surface area contributed by atoms with Crippen LogP contribution in [0.3, 0.4) is 0 Å². The first-order valence-electron chi connectivity index (χ1n) is 6.33. The van der Waals surface area contributed by atoms with Gasteiger partial charge in [-0.1, -0.05) is 12.1 Å². The van der Waals surface area contributed by atoms with E-state index in [2.05, 4.69) is 29.5 Å². The minimum Gasteiger partial charge on any atom is -0.356 e. The van der Waals surface area contributed by atoms with Crippen LogP contribution in [0.1, 0.15) is 25.8 Å². The van der Waals surface area contributed by atoms with Crippen LogP contribution in [0.5, 0.6) is 0 Å². The van der Waals surface area contributed by atoms with Crippen LogP contribution in [0.4, 0.5) is 4.39 Å². The fourth-order valence-electron chi connectivity index (χ4n) is 1.66. The van der Waals surface area contributed by atoms with E-state index in [4.69, 9.17) is 0 Å². The minimum atomic E-state index is -0.169. The number of aliphatic imine (C=N–C) groups is 1. The number of halogens is 2. The third-order valence-electron chi connectivity index (χ3n) is 2.47. The molecule has 0 fully saturated rings. The highest BCUT2D eigenvalue weighted by molar-refractivity contribution is 14.0. The summed E-state index contributed by atoms with van der Waals surface area (Å²) in [4.78, 5) is 4.12. The summed E-state index contributed by atoms with van der Waals surface area (Å²) in [5, 5.41) is 6.45. The van der Waals surface area contributed by atoms with Crippen molar-refractivity contribution in [1.82, 2.24) is 10.6 Å². The smallest absolute Gasteiger partial charge is 0.191 e. The van der Waals surface area contributed by atoms with Crippen molar-refractivity contribution in [3.05, 3.63) is 35.6 Å². The van der Waals surface area contributed by atoms with Gasteiger partial charge in [-0.2, -0.15) is 0 Å². The molecule has 3 nitrogen and oxygen atoms in total. The summed E-state index contributed by atoms with van der Waals surface area (Å²) < 4.78 is 13.0. The molecule has 19 heavy (non-hydrogen) atoms. The molecule has 0 heterocycles. The number of nitrogens with zero attached hydrogens (tertiary/aromatic N) is 1. The van der Waals surface area contributed by atoms with Gasteiger partial charge >= 0.3 is 0 Å². The van der Waals surface area contributed by atoms with Gasteiger partial charge in [-0.3, -0.25) is 4.99 Å². The van der Waals surface area contributed by atoms with Gasteiger partial charge in [0.05, 0.1) is 0 Å². The Kier molecular flexibility index (Phi) is 9.55. The number of guanidine groups is 1. The normalized spacial score (nSPS) is 11.1. The molecule has 1 rings (SSSR count). The highest BCUT2D eigenvalue weighted by Gasteiger charge is 1.99. The Morgan fingerprint density at radius 3 is 2.68 bits per heavy atom. The fourth-order valence-corrected chi connectivity index (χ4v) is 1.66. The standard InChI is InChI=1S/C14H22FN3.HI/c1-11(2)18-14(16-3)17-9-5-7-12-6-4-8-13(15)10-12;/h4,6,8,10-11H,5,7,9H2,1-3H3,(H2,16,17,18);1H. The molecular formula is C14H23FIN3. The monoisotopic (exact) mass is 379 g/mol. The predicted molar refractivity (Wildman–Crippen MR) is 89.8 cm³/mol. The lowest BCUT2D eigenvalue weighted by Crippen LogP contribution is -2.41. The van der Waals surface area contributed by atoms with Gasteiger partial charge in [0.1, 0.15) is 5.82 Å². The molecule has 0 aromatic heterocycles. The average Bonchev–Trinajstić information content (AvgIpc) is 2.32. The third-order valence-corrected chi connectivity index (χ3v) is 2.47. The van der Waals surface area contributed by atoms with Crippen LogP contribution < -0.4 is 10.6 Å². The lowest BCUT2D eigenvalue weighted by Gasteiger charge is -2.14. The van der Waals surface area contributed by atoms with Crippen molar-refractivity contribution in [2.24, 2.45) is 4.99 Å². The summed E-state index contributed by atoms with van der Waals surface area (Å²) in [5.74, 6) is 0.641. The molecule has 1 aromatic carbocycles. The second kappa shape index (κ2) is 10.00. The summed E-state index contributed by atoms with van der Waals surface area (Å²) in [6.45, 7) is 4.96. The second-order valence-electron chi connectivity index (χ2n) is 4.53. The predicted octanol–water partition coefficient (Wildman–Crippen LogP) is 2.95. The van der Waals surface area contributed by atoms with Crippen LogP contribution in [0.2, 0.25) is 0 Å². The zero-order valence-electron chi connectivity index (χ0n) is 11.7. The minimum absolute atomic E-state index is 0. The van der Waals surface area contributed by atoms with Crippen LogP contribution in [-0.4, -0.2) is 25.6 Å². The van der Waals surface area contributed by atoms with E-state index in [1.807, 2.05) is 6.07 Å². The van der Waals surface area contributed by atoms with Crippen LogP contribution in [0.25, 0.3) is 0 Å². The maximum atomic E-state index is 13.0. The van der Waals surface area contributed by atoms with E-state index < -0.39 is 0 Å². The first-order chi connectivity index (χ1) is 8.61. The van der Waals surface area contributed by atoms with Crippen LogP contribution in [0, 0.1) is 5.82 Å². The molecule has 0 aliphatic rings. The lowest BCUT2D eigenvalue weighted by atomic mass is 10.1. The van der Waals surface area contributed by atoms with Crippen molar-refractivity contribution in [2.75, 3.05) is 13.6 Å². The van der Waals surface area contributed by atoms with Crippen molar-refractivity contribution in [2.45, 2.75) is 32.7 Å². The SMILES string of the molecule is CN=C(NCCCc1cccc(F)c1)NC(C)C.I. The largest absolute Gasteiger partial charge is 0.356 e. The molecule has 0 atom stereocenters. The van der Waals surface area contributed by atoms with Crippen LogP contribution >= 0.6 is 24.0 Å². The number of rotatable bonds is 5. The Morgan fingerprint density at radius 1 is 1.37 bits per heavy atom. The van der Waals surface area contributed by atoms with Gasteiger partial charge in [-0.15, -0.1) is 24.0 Å². The molecule has 0 radical (unpaired) electrons. The summed E-state index contributed by atoms with van der Waals surface area (Å²) in [6.07, 6.45) is 1.81. The molecule has 0 unspecified atom stereocenters. The fraction of sp³-hybridized carbons (Fsp3) is 0.500. The van der Waals surface area contributed by atoms with Gasteiger partial charge in [-0.05, 0) is 44.4 Å². The third kappa shape index (κ3) is 8.02. The maximum absolute atomic E-state index is 13.0. The first kappa shape index (κ1) is 18.1. The molecule has 2 N–H and O–H groups in total. The van der Waals surface area contributed by atoms with Crippen molar-refractivity contribution >= 4 is 29.9 Å². The van der Waals surface area contributed by atoms with E-state index in [1.54, 1.807) is 19.2 Å². The van der Waals surface area contributed by atoms with Gasteiger partial charge in [-0.25, -0.2) is 4.39 Å². The van der Waals surface area contributed by atoms with Gasteiger partial charge in [0.2, 0.25) is 0 Å². The molecule has 0 aliphatic heterocycles. The zero-order valence-corrected chi connectivity index (χ0v) is 14.1. The van der Waals surface area contributed by atoms with Crippen molar-refractivity contribution in [3.8, 4) is 0 Å². The van der Waals surface area contributed by atoms with Crippen LogP contribution in [0.15, 0.2) is 29.3 Å². The van der Waals surface area contributed by atoms with E-state index in [-0.39, 0.29) is 29.8 Å². The molecule has 0 amide bonds. The second-order valence-corrected chi connectivity index (χ2v) is 4.53. The number of hydrogen-bond donors (Lipinski definition) is 2. The Labute approximate surface area is 132 Å². The summed E-state index contributed by atoms with van der Waals surface area (Å²) in [6, 6.07) is 7.11. The summed E-state index contributed by atoms with van der Waals surface area (Å²) >= 11 is 0. The molecule has 0 saturated heterocycles. The average molecular weight is 379 g/mol. The molecular weight excluding hydrogens is 356 g/mol. The number of benzene rings is 1. The van der Waals surface area contributed by atoms with Crippen molar-refractivity contribution in [3.63, 3.8) is 0 Å². The molecule has 1 aromatic rings. The summed E-state index contributed by atoms with van der Waals surface area (Å²) in [7, 11) is 1.75. The molecule has 5 heteroatoms. The lowest BCUT2D eigenvalue weighted by molar-refractivity contribution is 0.623. The van der Waals surface area contributed by atoms with Crippen molar-refractivity contribution < 1.29 is 4.39 Å². The topological polar surface area (TPSA) is 36.4 Å². The molecule has 108 valence electrons. The first-order valence-corrected chi connectivity index (χ1v) is 6.33. The highest BCUT2D eigenvalue weighted by Crippen LogP contribution is 2.05. The Hall–Kier alpha value is -0.850. The Morgan fingerprint density at radius 2 is 2.11 bits per heavy atom. The van der Waals surface area contributed by atoms with Gasteiger partial charge in [0.15, 0.2) is 5.96 Å². The van der Waals surface area contributed by atoms with E-state index >= 15 is 0 Å². The summed E-state index contributed by atoms with van der Waals surface area (Å²) in [5.41, 5.74) is 1.03. The highest BCUT2D eigenvalue weighted by atomic mass is 127. The van der Waals surface area contributed by atoms with Crippen molar-refractivity contribution in [1.29, 1.82) is 0 Å². The number of nitrogens with one attached hydrogen (secondary N) is 2. The molecule has 0 bridgehead atoms. The van der Waals surface area contributed by atoms with E-state index in [1.165, 1.54) is 6.07 Å². The number of aryl methyl sites for hydroxylation is 1. The van der Waals surface area contributed by atoms with Gasteiger partial charge in [0, 0.05) is 19.6 Å². The Bertz CT molecular complexity index is 394. The Balaban J connectivity index is 0.00000324. The quantitative estimate of drug-likeness (QED) is 0.357. The zero-order chi connectivity index (χ0) is 13.4.